The fourth-order valence-electron chi connectivity index (χ4n) is 2.96. The van der Waals surface area contributed by atoms with E-state index in [0.717, 1.165) is 33.6 Å². The van der Waals surface area contributed by atoms with Gasteiger partial charge in [0, 0.05) is 11.1 Å². The number of methoxy groups -OCH3 is 1. The number of phenols is 3. The van der Waals surface area contributed by atoms with Gasteiger partial charge in [-0.25, -0.2) is 5.43 Å². The average Bonchev–Trinajstić information content (AvgIpc) is 2.98. The van der Waals surface area contributed by atoms with Crippen molar-refractivity contribution in [2.45, 2.75) is 20.4 Å². The fourth-order valence-corrected chi connectivity index (χ4v) is 3.24. The molecular weight excluding hydrogens is 468 g/mol. The number of aromatic nitrogens is 2. The number of hydrogen-bond acceptors (Lipinski definition) is 7. The molecule has 0 radical (unpaired) electrons. The van der Waals surface area contributed by atoms with Gasteiger partial charge in [-0.1, -0.05) is 0 Å². The lowest BCUT2D eigenvalue weighted by Crippen LogP contribution is -2.17. The van der Waals surface area contributed by atoms with Crippen molar-refractivity contribution in [1.29, 1.82) is 0 Å². The smallest absolute Gasteiger partial charge is 0.271 e. The molecule has 1 heterocycles. The number of nitrogens with zero attached hydrogens (tertiary/aromatic N) is 3. The predicted octanol–water partition coefficient (Wildman–Crippen LogP) is 3.20. The van der Waals surface area contributed by atoms with Crippen LogP contribution in [0.3, 0.4) is 0 Å². The number of rotatable bonds is 6. The molecule has 3 rings (SSSR count). The Labute approximate surface area is 186 Å². The molecular formula is C21H21BrN4O5. The molecule has 0 aliphatic rings. The Balaban J connectivity index is 1.77. The van der Waals surface area contributed by atoms with Gasteiger partial charge in [0.15, 0.2) is 17.2 Å². The van der Waals surface area contributed by atoms with E-state index in [2.05, 4.69) is 31.6 Å². The largest absolute Gasteiger partial charge is 0.504 e. The molecule has 9 nitrogen and oxygen atoms in total. The van der Waals surface area contributed by atoms with Crippen molar-refractivity contribution in [3.05, 3.63) is 62.9 Å². The van der Waals surface area contributed by atoms with E-state index in [9.17, 15) is 20.1 Å². The second-order valence-electron chi connectivity index (χ2n) is 6.78. The zero-order valence-corrected chi connectivity index (χ0v) is 18.6. The van der Waals surface area contributed by atoms with Crippen LogP contribution >= 0.6 is 15.9 Å². The number of phenolic OH excluding ortho intramolecular Hbond substituents is 3. The number of hydrazone groups is 1. The van der Waals surface area contributed by atoms with Crippen molar-refractivity contribution >= 4 is 28.1 Å². The van der Waals surface area contributed by atoms with E-state index in [1.165, 1.54) is 6.21 Å². The van der Waals surface area contributed by atoms with Crippen LogP contribution < -0.4 is 10.2 Å². The minimum atomic E-state index is -0.694. The number of aromatic hydroxyl groups is 3. The highest BCUT2D eigenvalue weighted by Crippen LogP contribution is 2.35. The number of carbonyl (C=O) groups is 1. The van der Waals surface area contributed by atoms with Gasteiger partial charge in [0.1, 0.15) is 5.75 Å². The molecule has 0 aliphatic heterocycles. The van der Waals surface area contributed by atoms with Gasteiger partial charge in [0.25, 0.3) is 5.91 Å². The minimum absolute atomic E-state index is 0.0597. The Morgan fingerprint density at radius 3 is 2.48 bits per heavy atom. The molecule has 4 N–H and O–H groups in total. The van der Waals surface area contributed by atoms with E-state index in [1.807, 2.05) is 24.6 Å². The highest BCUT2D eigenvalue weighted by Gasteiger charge is 2.14. The predicted molar refractivity (Wildman–Crippen MR) is 118 cm³/mol. The van der Waals surface area contributed by atoms with Gasteiger partial charge >= 0.3 is 0 Å². The van der Waals surface area contributed by atoms with Crippen LogP contribution in [0.5, 0.6) is 23.0 Å². The van der Waals surface area contributed by atoms with Crippen LogP contribution in [0.2, 0.25) is 0 Å². The maximum Gasteiger partial charge on any atom is 0.271 e. The van der Waals surface area contributed by atoms with Gasteiger partial charge in [0.05, 0.1) is 35.7 Å². The maximum absolute atomic E-state index is 12.2. The van der Waals surface area contributed by atoms with Crippen LogP contribution in [-0.2, 0) is 6.54 Å². The standard InChI is InChI=1S/C21H21BrN4O5/c1-11-19(22)12(2)26(25-11)10-15-6-13(4-5-18(15)31-3)9-23-24-21(30)14-7-16(27)20(29)17(28)8-14/h4-9,27-29H,10H2,1-3H3,(H,24,30)/b23-9+. The van der Waals surface area contributed by atoms with E-state index >= 15 is 0 Å². The molecule has 0 saturated heterocycles. The lowest BCUT2D eigenvalue weighted by atomic mass is 10.1. The first kappa shape index (κ1) is 22.2. The van der Waals surface area contributed by atoms with Crippen molar-refractivity contribution in [2.75, 3.05) is 7.11 Å². The zero-order valence-electron chi connectivity index (χ0n) is 17.0. The molecule has 162 valence electrons. The van der Waals surface area contributed by atoms with E-state index < -0.39 is 23.2 Å². The van der Waals surface area contributed by atoms with E-state index in [4.69, 9.17) is 4.74 Å². The third-order valence-electron chi connectivity index (χ3n) is 4.63. The van der Waals surface area contributed by atoms with Crippen LogP contribution in [0.4, 0.5) is 0 Å². The first-order valence-corrected chi connectivity index (χ1v) is 9.95. The minimum Gasteiger partial charge on any atom is -0.504 e. The van der Waals surface area contributed by atoms with Crippen molar-refractivity contribution in [2.24, 2.45) is 5.10 Å². The molecule has 0 saturated carbocycles. The van der Waals surface area contributed by atoms with E-state index in [1.54, 1.807) is 19.2 Å². The van der Waals surface area contributed by atoms with E-state index in [-0.39, 0.29) is 5.56 Å². The van der Waals surface area contributed by atoms with E-state index in [0.29, 0.717) is 17.9 Å². The summed E-state index contributed by atoms with van der Waals surface area (Å²) in [6.07, 6.45) is 1.46. The number of benzene rings is 2. The number of nitrogens with one attached hydrogen (secondary N) is 1. The first-order valence-electron chi connectivity index (χ1n) is 9.16. The highest BCUT2D eigenvalue weighted by atomic mass is 79.9. The summed E-state index contributed by atoms with van der Waals surface area (Å²) in [6.45, 7) is 4.38. The lowest BCUT2D eigenvalue weighted by molar-refractivity contribution is 0.0954. The molecule has 0 atom stereocenters. The van der Waals surface area contributed by atoms with Crippen LogP contribution in [0.25, 0.3) is 0 Å². The molecule has 1 aromatic heterocycles. The van der Waals surface area contributed by atoms with Gasteiger partial charge in [-0.3, -0.25) is 9.48 Å². The summed E-state index contributed by atoms with van der Waals surface area (Å²) in [7, 11) is 1.59. The number of aryl methyl sites for hydroxylation is 1. The van der Waals surface area contributed by atoms with Crippen LogP contribution in [-0.4, -0.2) is 44.3 Å². The quantitative estimate of drug-likeness (QED) is 0.239. The molecule has 2 aromatic carbocycles. The second-order valence-corrected chi connectivity index (χ2v) is 7.57. The summed E-state index contributed by atoms with van der Waals surface area (Å²) in [5.74, 6) is -1.88. The molecule has 0 bridgehead atoms. The highest BCUT2D eigenvalue weighted by molar-refractivity contribution is 9.10. The van der Waals surface area contributed by atoms with Gasteiger partial charge < -0.3 is 20.1 Å². The van der Waals surface area contributed by atoms with Gasteiger partial charge in [0.2, 0.25) is 0 Å². The zero-order chi connectivity index (χ0) is 22.7. The Morgan fingerprint density at radius 2 is 1.90 bits per heavy atom. The molecule has 1 amide bonds. The molecule has 10 heteroatoms. The summed E-state index contributed by atoms with van der Waals surface area (Å²) in [6, 6.07) is 7.51. The number of halogens is 1. The van der Waals surface area contributed by atoms with Gasteiger partial charge in [-0.15, -0.1) is 0 Å². The van der Waals surface area contributed by atoms with Crippen molar-refractivity contribution in [3.63, 3.8) is 0 Å². The summed E-state index contributed by atoms with van der Waals surface area (Å²) in [5.41, 5.74) is 5.73. The molecule has 0 fully saturated rings. The molecule has 0 unspecified atom stereocenters. The normalized spacial score (nSPS) is 11.1. The summed E-state index contributed by atoms with van der Waals surface area (Å²) in [4.78, 5) is 12.2. The number of carbonyl (C=O) groups excluding carboxylic acids is 1. The topological polar surface area (TPSA) is 129 Å². The third-order valence-corrected chi connectivity index (χ3v) is 5.78. The number of amides is 1. The average molecular weight is 489 g/mol. The Kier molecular flexibility index (Phi) is 6.50. The molecule has 31 heavy (non-hydrogen) atoms. The Hall–Kier alpha value is -3.53. The molecule has 0 spiro atoms. The Bertz CT molecular complexity index is 1150. The van der Waals surface area contributed by atoms with Crippen LogP contribution in [0.15, 0.2) is 39.9 Å². The molecule has 0 aliphatic carbocycles. The third kappa shape index (κ3) is 4.80. The second kappa shape index (κ2) is 9.09. The van der Waals surface area contributed by atoms with Gasteiger partial charge in [-0.2, -0.15) is 10.2 Å². The van der Waals surface area contributed by atoms with Crippen molar-refractivity contribution in [1.82, 2.24) is 15.2 Å². The first-order chi connectivity index (χ1) is 14.7. The monoisotopic (exact) mass is 488 g/mol. The van der Waals surface area contributed by atoms with Gasteiger partial charge in [-0.05, 0) is 65.7 Å². The lowest BCUT2D eigenvalue weighted by Gasteiger charge is -2.11. The van der Waals surface area contributed by atoms with Crippen molar-refractivity contribution in [3.8, 4) is 23.0 Å². The summed E-state index contributed by atoms with van der Waals surface area (Å²) >= 11 is 3.52. The number of ether oxygens (including phenoxy) is 1. The Morgan fingerprint density at radius 1 is 1.23 bits per heavy atom. The fraction of sp³-hybridized carbons (Fsp3) is 0.190. The van der Waals surface area contributed by atoms with Crippen LogP contribution in [0, 0.1) is 13.8 Å². The van der Waals surface area contributed by atoms with Crippen LogP contribution in [0.1, 0.15) is 32.9 Å². The summed E-state index contributed by atoms with van der Waals surface area (Å²) in [5, 5.41) is 36.8. The van der Waals surface area contributed by atoms with Crippen molar-refractivity contribution < 1.29 is 24.9 Å². The molecule has 3 aromatic rings. The maximum atomic E-state index is 12.2. The summed E-state index contributed by atoms with van der Waals surface area (Å²) < 4.78 is 8.27. The number of hydrogen-bond donors (Lipinski definition) is 4. The SMILES string of the molecule is COc1ccc(/C=N/NC(=O)c2cc(O)c(O)c(O)c2)cc1Cn1nc(C)c(Br)c1C.